The highest BCUT2D eigenvalue weighted by Gasteiger charge is 2.37. The third-order valence-electron chi connectivity index (χ3n) is 12.5. The lowest BCUT2D eigenvalue weighted by Gasteiger charge is -2.29. The summed E-state index contributed by atoms with van der Waals surface area (Å²) in [5.41, 5.74) is 22.1. The molecule has 0 aromatic heterocycles. The van der Waals surface area contributed by atoms with Crippen molar-refractivity contribution in [1.29, 1.82) is 0 Å². The summed E-state index contributed by atoms with van der Waals surface area (Å²) in [6, 6.07) is -10.8. The number of nitrogens with two attached hydrogens (primary N) is 4. The van der Waals surface area contributed by atoms with Gasteiger partial charge in [-0.15, -0.1) is 0 Å². The number of guanidine groups is 1. The maximum absolute atomic E-state index is 14.3. The van der Waals surface area contributed by atoms with E-state index in [2.05, 4.69) is 58.2 Å². The molecule has 474 valence electrons. The number of nitrogens with zero attached hydrogens (tertiary/aromatic N) is 1. The van der Waals surface area contributed by atoms with Gasteiger partial charge in [0.2, 0.25) is 65.0 Å². The molecule has 0 saturated heterocycles. The Bertz CT molecular complexity index is 2570. The molecular formula is C51H81N15O19. The molecule has 0 saturated carbocycles. The number of aromatic hydroxyl groups is 1. The molecule has 0 fully saturated rings. The van der Waals surface area contributed by atoms with E-state index in [-0.39, 0.29) is 43.4 Å². The van der Waals surface area contributed by atoms with Crippen LogP contribution >= 0.6 is 0 Å². The molecule has 11 atom stereocenters. The molecule has 34 nitrogen and oxygen atoms in total. The van der Waals surface area contributed by atoms with Crippen molar-refractivity contribution in [3.63, 3.8) is 0 Å². The van der Waals surface area contributed by atoms with E-state index in [1.165, 1.54) is 45.0 Å². The second-order valence-corrected chi connectivity index (χ2v) is 20.3. The van der Waals surface area contributed by atoms with Crippen LogP contribution in [0.3, 0.4) is 0 Å². The molecule has 0 bridgehead atoms. The Morgan fingerprint density at radius 2 is 1.07 bits per heavy atom. The highest BCUT2D eigenvalue weighted by Crippen LogP contribution is 2.15. The van der Waals surface area contributed by atoms with Crippen molar-refractivity contribution in [3.05, 3.63) is 29.8 Å². The molecule has 1 aromatic carbocycles. The predicted octanol–water partition coefficient (Wildman–Crippen LogP) is -6.78. The Hall–Kier alpha value is -9.21. The number of nitrogens with one attached hydrogen (secondary N) is 10. The molecule has 11 amide bonds. The molecule has 0 aliphatic heterocycles. The van der Waals surface area contributed by atoms with E-state index in [1.807, 2.05) is 0 Å². The first-order chi connectivity index (χ1) is 39.7. The average molecular weight is 1210 g/mol. The number of primary amides is 1. The number of carboxylic acids is 3. The summed E-state index contributed by atoms with van der Waals surface area (Å²) < 4.78 is 0. The smallest absolute Gasteiger partial charge is 0.325 e. The van der Waals surface area contributed by atoms with Crippen molar-refractivity contribution in [1.82, 2.24) is 53.2 Å². The van der Waals surface area contributed by atoms with Gasteiger partial charge in [0, 0.05) is 19.4 Å². The number of phenols is 1. The normalized spacial score (nSPS) is 14.8. The maximum Gasteiger partial charge on any atom is 0.325 e. The zero-order chi connectivity index (χ0) is 64.8. The van der Waals surface area contributed by atoms with Crippen molar-refractivity contribution in [2.24, 2.45) is 39.8 Å². The topological polar surface area (TPSA) is 577 Å². The second-order valence-electron chi connectivity index (χ2n) is 20.3. The van der Waals surface area contributed by atoms with Gasteiger partial charge in [0.05, 0.1) is 32.0 Å². The van der Waals surface area contributed by atoms with Crippen LogP contribution in [0, 0.1) is 11.8 Å². The number of aliphatic carboxylic acids is 3. The minimum atomic E-state index is -2.07. The first-order valence-corrected chi connectivity index (χ1v) is 26.8. The van der Waals surface area contributed by atoms with Gasteiger partial charge in [0.1, 0.15) is 60.1 Å². The minimum Gasteiger partial charge on any atom is -0.508 e. The van der Waals surface area contributed by atoms with Crippen molar-refractivity contribution in [3.8, 4) is 5.75 Å². The van der Waals surface area contributed by atoms with E-state index >= 15 is 0 Å². The fourth-order valence-corrected chi connectivity index (χ4v) is 7.58. The van der Waals surface area contributed by atoms with Crippen LogP contribution in [0.5, 0.6) is 5.75 Å². The van der Waals surface area contributed by atoms with Gasteiger partial charge >= 0.3 is 17.9 Å². The van der Waals surface area contributed by atoms with Crippen molar-refractivity contribution >= 4 is 88.8 Å². The average Bonchev–Trinajstić information content (AvgIpc) is 3.52. The van der Waals surface area contributed by atoms with Gasteiger partial charge in [-0.1, -0.05) is 46.2 Å². The number of phenolic OH excluding ortho intramolecular Hbond substituents is 1. The molecule has 1 rings (SSSR count). The number of hydrogen-bond acceptors (Lipinski definition) is 18. The number of hydrogen-bond donors (Lipinski definition) is 19. The Labute approximate surface area is 488 Å². The van der Waals surface area contributed by atoms with Crippen LogP contribution in [0.25, 0.3) is 0 Å². The van der Waals surface area contributed by atoms with E-state index in [0.717, 1.165) is 0 Å². The number of carbonyl (C=O) groups is 14. The monoisotopic (exact) mass is 1210 g/mol. The standard InChI is InChI=1S/C51H81N15O19/c1-7-24(4)40(66-47(81)34(20-39(73)74)63-44(78)30(14-15-38(71)72)61-48(82)35(22-67)65-41(75)25(5)58-42(76)29(52)9-8-16-56-51(54)55)49(83)64-32(18-27-10-12-28(68)13-11-27)46(80)62-33(19-36(53)69)43(77)57-21-37(70)60-31(17-23(2)3)45(79)59-26(6)50(84)85/h10-13,23-26,29-35,40,67-68H,7-9,14-22,52H2,1-6H3,(H2,53,69)(H,57,77)(H,58,76)(H,59,79)(H,60,70)(H,61,82)(H,62,80)(H,63,78)(H,64,83)(H,65,75)(H,66,81)(H,71,72)(H,73,74)(H,84,85)(H4,54,55,56)/t24-,25-,26-,29-,30-,31-,32-,33-,34-,35-,40-/m0/s1. The number of carbonyl (C=O) groups excluding carboxylic acids is 11. The number of aliphatic hydroxyl groups excluding tert-OH is 1. The Kier molecular flexibility index (Phi) is 32.2. The van der Waals surface area contributed by atoms with Gasteiger partial charge in [0.15, 0.2) is 5.96 Å². The third-order valence-corrected chi connectivity index (χ3v) is 12.5. The van der Waals surface area contributed by atoms with Crippen molar-refractivity contribution in [2.75, 3.05) is 19.7 Å². The number of aliphatic imine (C=N–C) groups is 1. The molecule has 1 aromatic rings. The molecule has 23 N–H and O–H groups in total. The second kappa shape index (κ2) is 37.1. The van der Waals surface area contributed by atoms with Gasteiger partial charge in [-0.2, -0.15) is 0 Å². The summed E-state index contributed by atoms with van der Waals surface area (Å²) in [5, 5.41) is 71.3. The number of amides is 11. The van der Waals surface area contributed by atoms with E-state index < -0.39 is 194 Å². The summed E-state index contributed by atoms with van der Waals surface area (Å²) in [6.07, 6.45) is -3.37. The lowest BCUT2D eigenvalue weighted by Crippen LogP contribution is -2.61. The van der Waals surface area contributed by atoms with Gasteiger partial charge in [-0.25, -0.2) is 0 Å². The van der Waals surface area contributed by atoms with E-state index in [0.29, 0.717) is 12.0 Å². The van der Waals surface area contributed by atoms with Crippen LogP contribution in [-0.2, 0) is 73.5 Å². The van der Waals surface area contributed by atoms with Crippen LogP contribution < -0.4 is 76.1 Å². The summed E-state index contributed by atoms with van der Waals surface area (Å²) in [7, 11) is 0. The number of aliphatic hydroxyl groups is 1. The van der Waals surface area contributed by atoms with Crippen LogP contribution in [-0.4, -0.2) is 194 Å². The van der Waals surface area contributed by atoms with Gasteiger partial charge in [0.25, 0.3) is 0 Å². The molecule has 0 heterocycles. The van der Waals surface area contributed by atoms with E-state index in [1.54, 1.807) is 20.8 Å². The zero-order valence-corrected chi connectivity index (χ0v) is 47.9. The quantitative estimate of drug-likeness (QED) is 0.0165. The Morgan fingerprint density at radius 1 is 0.553 bits per heavy atom. The lowest BCUT2D eigenvalue weighted by molar-refractivity contribution is -0.142. The molecule has 0 unspecified atom stereocenters. The van der Waals surface area contributed by atoms with Gasteiger partial charge in [-0.05, 0) is 69.1 Å². The van der Waals surface area contributed by atoms with Gasteiger partial charge in [-0.3, -0.25) is 72.1 Å². The number of carboxylic acid groups (broad SMARTS) is 3. The largest absolute Gasteiger partial charge is 0.508 e. The molecule has 0 aliphatic rings. The fourth-order valence-electron chi connectivity index (χ4n) is 7.58. The summed E-state index contributed by atoms with van der Waals surface area (Å²) in [4.78, 5) is 186. The molecule has 34 heteroatoms. The Balaban J connectivity index is 3.47. The molecule has 0 aliphatic carbocycles. The first kappa shape index (κ1) is 73.8. The zero-order valence-electron chi connectivity index (χ0n) is 47.9. The first-order valence-electron chi connectivity index (χ1n) is 26.8. The van der Waals surface area contributed by atoms with Crippen LogP contribution in [0.4, 0.5) is 0 Å². The molecule has 0 spiro atoms. The predicted molar refractivity (Wildman–Crippen MR) is 298 cm³/mol. The van der Waals surface area contributed by atoms with Gasteiger partial charge < -0.3 is 102 Å². The maximum atomic E-state index is 14.3. The lowest BCUT2D eigenvalue weighted by atomic mass is 9.96. The van der Waals surface area contributed by atoms with Crippen LogP contribution in [0.15, 0.2) is 29.3 Å². The van der Waals surface area contributed by atoms with Crippen molar-refractivity contribution < 1.29 is 92.7 Å². The summed E-state index contributed by atoms with van der Waals surface area (Å²) >= 11 is 0. The summed E-state index contributed by atoms with van der Waals surface area (Å²) in [6.45, 7) is 7.15. The molecule has 85 heavy (non-hydrogen) atoms. The van der Waals surface area contributed by atoms with Crippen LogP contribution in [0.2, 0.25) is 0 Å². The SMILES string of the molecule is CC[C@H](C)[C@H](NC(=O)[C@H](CC(=O)O)NC(=O)[C@H](CCC(=O)O)NC(=O)[C@H](CO)NC(=O)[C@H](C)NC(=O)[C@@H](N)CCCN=C(N)N)C(=O)N[C@@H](Cc1ccc(O)cc1)C(=O)N[C@@H](CC(N)=O)C(=O)NCC(=O)N[C@@H](CC(C)C)C(=O)N[C@@H](C)C(=O)O. The van der Waals surface area contributed by atoms with E-state index in [9.17, 15) is 92.7 Å². The highest BCUT2D eigenvalue weighted by atomic mass is 16.4. The minimum absolute atomic E-state index is 0.0544. The summed E-state index contributed by atoms with van der Waals surface area (Å²) in [5.74, 6) is -17.9. The third kappa shape index (κ3) is 28.6. The van der Waals surface area contributed by atoms with Crippen molar-refractivity contribution in [2.45, 2.75) is 160 Å². The highest BCUT2D eigenvalue weighted by molar-refractivity contribution is 6.00. The molecule has 0 radical (unpaired) electrons. The van der Waals surface area contributed by atoms with E-state index in [4.69, 9.17) is 22.9 Å². The molecular weight excluding hydrogens is 1130 g/mol. The fraction of sp³-hybridized carbons (Fsp3) is 0.588. The van der Waals surface area contributed by atoms with Crippen LogP contribution in [0.1, 0.15) is 98.5 Å². The number of benzene rings is 1. The Morgan fingerprint density at radius 3 is 1.60 bits per heavy atom. The number of rotatable bonds is 39.